The van der Waals surface area contributed by atoms with Crippen molar-refractivity contribution in [1.82, 2.24) is 0 Å². The molecule has 158 valence electrons. The average molecular weight is 553 g/mol. The molecule has 2 amide bonds. The van der Waals surface area contributed by atoms with Crippen molar-refractivity contribution < 1.29 is 19.5 Å². The number of amides is 2. The second-order valence-corrected chi connectivity index (χ2v) is 10.8. The van der Waals surface area contributed by atoms with Crippen LogP contribution in [0.4, 0.5) is 5.69 Å². The largest absolute Gasteiger partial charge is 0.478 e. The number of rotatable bonds is 2. The highest BCUT2D eigenvalue weighted by molar-refractivity contribution is 9.10. The van der Waals surface area contributed by atoms with Gasteiger partial charge in [-0.3, -0.25) is 9.59 Å². The molecule has 7 heteroatoms. The Morgan fingerprint density at radius 2 is 1.09 bits per heavy atom. The second-order valence-electron chi connectivity index (χ2n) is 8.33. The van der Waals surface area contributed by atoms with Crippen molar-refractivity contribution in [3.63, 3.8) is 0 Å². The van der Waals surface area contributed by atoms with Crippen molar-refractivity contribution in [1.29, 1.82) is 0 Å². The summed E-state index contributed by atoms with van der Waals surface area (Å²) in [6.45, 7) is 0. The molecule has 4 aliphatic rings. The Bertz CT molecular complexity index is 1230. The lowest BCUT2D eigenvalue weighted by Gasteiger charge is -2.55. The molecule has 1 N–H and O–H groups in total. The minimum Gasteiger partial charge on any atom is -0.478 e. The summed E-state index contributed by atoms with van der Waals surface area (Å²) in [5.41, 5.74) is 4.36. The van der Waals surface area contributed by atoms with E-state index in [1.807, 2.05) is 48.5 Å². The van der Waals surface area contributed by atoms with Crippen LogP contribution in [-0.2, 0) is 18.2 Å². The van der Waals surface area contributed by atoms with E-state index in [0.29, 0.717) is 5.69 Å². The first-order valence-electron chi connectivity index (χ1n) is 10.1. The quantitative estimate of drug-likeness (QED) is 0.366. The molecule has 0 saturated carbocycles. The number of hydrogen-bond donors (Lipinski definition) is 1. The van der Waals surface area contributed by atoms with Gasteiger partial charge in [0.2, 0.25) is 11.8 Å². The van der Waals surface area contributed by atoms with Gasteiger partial charge in [-0.2, -0.15) is 0 Å². The molecule has 32 heavy (non-hydrogen) atoms. The molecule has 2 atom stereocenters. The number of aromatic carboxylic acids is 1. The van der Waals surface area contributed by atoms with Gasteiger partial charge in [0.15, 0.2) is 0 Å². The Kier molecular flexibility index (Phi) is 3.97. The van der Waals surface area contributed by atoms with Gasteiger partial charge in [0, 0.05) is 0 Å². The summed E-state index contributed by atoms with van der Waals surface area (Å²) in [5.74, 6) is -2.97. The molecule has 0 unspecified atom stereocenters. The van der Waals surface area contributed by atoms with Crippen LogP contribution in [0.5, 0.6) is 0 Å². The number of nitrogens with zero attached hydrogens (tertiary/aromatic N) is 1. The maximum Gasteiger partial charge on any atom is 0.335 e. The third kappa shape index (κ3) is 2.16. The predicted octanol–water partition coefficient (Wildman–Crippen LogP) is 4.79. The monoisotopic (exact) mass is 551 g/mol. The molecule has 3 aromatic carbocycles. The van der Waals surface area contributed by atoms with Gasteiger partial charge in [-0.25, -0.2) is 9.69 Å². The minimum atomic E-state index is -1.06. The highest BCUT2D eigenvalue weighted by Crippen LogP contribution is 2.70. The summed E-state index contributed by atoms with van der Waals surface area (Å²) < 4.78 is -1.69. The number of anilines is 1. The molecule has 1 fully saturated rings. The zero-order valence-corrected chi connectivity index (χ0v) is 19.6. The fourth-order valence-electron chi connectivity index (χ4n) is 5.67. The minimum absolute atomic E-state index is 0.0964. The summed E-state index contributed by atoms with van der Waals surface area (Å²) in [5, 5.41) is 9.20. The summed E-state index contributed by atoms with van der Waals surface area (Å²) in [6, 6.07) is 21.7. The molecular weight excluding hydrogens is 538 g/mol. The second kappa shape index (κ2) is 6.39. The van der Waals surface area contributed by atoms with E-state index in [1.165, 1.54) is 29.2 Å². The van der Waals surface area contributed by atoms with Gasteiger partial charge in [0.25, 0.3) is 0 Å². The standard InChI is InChI=1S/C25H15Br2NO4/c26-24-15-5-1-2-6-16(15)25(27,18-8-4-3-7-17(18)24)20-19(24)21(29)28(22(20)30)14-11-9-13(10-12-14)23(31)32/h1-12,19-20H,(H,31,32)/t19-,20-,24?,25?/m0/s1. The summed E-state index contributed by atoms with van der Waals surface area (Å²) in [7, 11) is 0. The molecule has 3 aliphatic carbocycles. The molecule has 0 spiro atoms. The van der Waals surface area contributed by atoms with E-state index in [0.717, 1.165) is 22.3 Å². The van der Waals surface area contributed by atoms with Crippen molar-refractivity contribution in [2.24, 2.45) is 11.8 Å². The van der Waals surface area contributed by atoms with Crippen molar-refractivity contribution in [3.05, 3.63) is 101 Å². The van der Waals surface area contributed by atoms with Gasteiger partial charge in [0.05, 0.1) is 31.7 Å². The number of carbonyl (C=O) groups excluding carboxylic acids is 2. The lowest BCUT2D eigenvalue weighted by Crippen LogP contribution is -2.56. The van der Waals surface area contributed by atoms with Crippen LogP contribution < -0.4 is 4.90 Å². The van der Waals surface area contributed by atoms with Crippen LogP contribution in [0.2, 0.25) is 0 Å². The third-order valence-corrected chi connectivity index (χ3v) is 9.65. The molecule has 1 aliphatic heterocycles. The van der Waals surface area contributed by atoms with E-state index in [4.69, 9.17) is 0 Å². The summed E-state index contributed by atoms with van der Waals surface area (Å²) >= 11 is 7.92. The Hall–Kier alpha value is -2.77. The molecular formula is C25H15Br2NO4. The van der Waals surface area contributed by atoms with E-state index in [1.54, 1.807) is 0 Å². The van der Waals surface area contributed by atoms with Crippen molar-refractivity contribution in [3.8, 4) is 0 Å². The first-order chi connectivity index (χ1) is 15.3. The molecule has 7 rings (SSSR count). The molecule has 3 aromatic rings. The molecule has 0 radical (unpaired) electrons. The van der Waals surface area contributed by atoms with Crippen LogP contribution in [0.25, 0.3) is 0 Å². The highest BCUT2D eigenvalue weighted by Gasteiger charge is 2.72. The highest BCUT2D eigenvalue weighted by atomic mass is 79.9. The predicted molar refractivity (Wildman–Crippen MR) is 125 cm³/mol. The van der Waals surface area contributed by atoms with Gasteiger partial charge in [-0.15, -0.1) is 0 Å². The van der Waals surface area contributed by atoms with E-state index < -0.39 is 26.5 Å². The number of benzene rings is 3. The lowest BCUT2D eigenvalue weighted by molar-refractivity contribution is -0.122. The number of halogens is 2. The molecule has 5 nitrogen and oxygen atoms in total. The van der Waals surface area contributed by atoms with E-state index in [-0.39, 0.29) is 17.4 Å². The lowest BCUT2D eigenvalue weighted by atomic mass is 9.54. The average Bonchev–Trinajstić information content (AvgIpc) is 3.08. The number of imide groups is 1. The first kappa shape index (κ1) is 19.9. The van der Waals surface area contributed by atoms with Crippen molar-refractivity contribution in [2.75, 3.05) is 4.90 Å². The van der Waals surface area contributed by atoms with Gasteiger partial charge >= 0.3 is 5.97 Å². The van der Waals surface area contributed by atoms with Crippen LogP contribution in [-0.4, -0.2) is 22.9 Å². The topological polar surface area (TPSA) is 74.7 Å². The molecule has 2 bridgehead atoms. The number of hydrogen-bond acceptors (Lipinski definition) is 3. The summed E-state index contributed by atoms with van der Waals surface area (Å²) in [6.07, 6.45) is 0. The number of alkyl halides is 2. The fourth-order valence-corrected chi connectivity index (χ4v) is 7.98. The number of carbonyl (C=O) groups is 3. The van der Waals surface area contributed by atoms with Crippen molar-refractivity contribution >= 4 is 55.3 Å². The van der Waals surface area contributed by atoms with E-state index >= 15 is 0 Å². The number of carboxylic acids is 1. The van der Waals surface area contributed by atoms with Crippen LogP contribution in [0.1, 0.15) is 32.6 Å². The smallest absolute Gasteiger partial charge is 0.335 e. The zero-order chi connectivity index (χ0) is 22.4. The van der Waals surface area contributed by atoms with Gasteiger partial charge < -0.3 is 5.11 Å². The molecule has 0 aromatic heterocycles. The Balaban J connectivity index is 1.60. The first-order valence-corrected chi connectivity index (χ1v) is 11.7. The fraction of sp³-hybridized carbons (Fsp3) is 0.160. The van der Waals surface area contributed by atoms with Gasteiger partial charge in [-0.05, 0) is 46.5 Å². The Labute approximate surface area is 200 Å². The van der Waals surface area contributed by atoms with Crippen LogP contribution in [0.3, 0.4) is 0 Å². The van der Waals surface area contributed by atoms with Crippen LogP contribution >= 0.6 is 31.9 Å². The molecule has 1 saturated heterocycles. The number of carboxylic acid groups (broad SMARTS) is 1. The SMILES string of the molecule is O=C(O)c1ccc(N2C(=O)[C@@H]3[C@@H](C2=O)C2(Br)c4ccccc4C3(Br)c3ccccc32)cc1. The maximum atomic E-state index is 13.9. The van der Waals surface area contributed by atoms with Crippen LogP contribution in [0.15, 0.2) is 72.8 Å². The van der Waals surface area contributed by atoms with Crippen molar-refractivity contribution in [2.45, 2.75) is 8.65 Å². The normalized spacial score (nSPS) is 29.5. The summed E-state index contributed by atoms with van der Waals surface area (Å²) in [4.78, 5) is 40.2. The Morgan fingerprint density at radius 1 is 0.719 bits per heavy atom. The van der Waals surface area contributed by atoms with Crippen LogP contribution in [0, 0.1) is 11.8 Å². The molecule has 1 heterocycles. The van der Waals surface area contributed by atoms with Gasteiger partial charge in [-0.1, -0.05) is 80.4 Å². The maximum absolute atomic E-state index is 13.9. The van der Waals surface area contributed by atoms with E-state index in [9.17, 15) is 19.5 Å². The Morgan fingerprint density at radius 3 is 1.44 bits per heavy atom. The van der Waals surface area contributed by atoms with Gasteiger partial charge in [0.1, 0.15) is 0 Å². The van der Waals surface area contributed by atoms with E-state index in [2.05, 4.69) is 31.9 Å². The zero-order valence-electron chi connectivity index (χ0n) is 16.5. The third-order valence-electron chi connectivity index (χ3n) is 6.96.